The molecular weight excluding hydrogens is 443 g/mol. The number of aromatic nitrogens is 2. The summed E-state index contributed by atoms with van der Waals surface area (Å²) in [5.41, 5.74) is 4.47. The molecule has 0 spiro atoms. The average Bonchev–Trinajstić information content (AvgIpc) is 2.84. The van der Waals surface area contributed by atoms with Crippen molar-refractivity contribution in [2.75, 3.05) is 10.2 Å². The first-order valence-corrected chi connectivity index (χ1v) is 11.1. The molecule has 0 saturated carbocycles. The number of amides is 2. The van der Waals surface area contributed by atoms with E-state index in [0.29, 0.717) is 16.9 Å². The van der Waals surface area contributed by atoms with Gasteiger partial charge in [-0.1, -0.05) is 30.3 Å². The molecule has 4 rings (SSSR count). The Balaban J connectivity index is 1.89. The Morgan fingerprint density at radius 1 is 0.914 bits per heavy atom. The fraction of sp³-hybridized carbons (Fsp3) is 0.143. The van der Waals surface area contributed by atoms with Crippen LogP contribution in [-0.4, -0.2) is 21.8 Å². The van der Waals surface area contributed by atoms with E-state index in [9.17, 15) is 14.0 Å². The second kappa shape index (κ2) is 10.3. The van der Waals surface area contributed by atoms with Crippen LogP contribution in [0, 0.1) is 26.6 Å². The number of carbonyl (C=O) groups excluding carboxylic acids is 2. The normalized spacial score (nSPS) is 11.5. The van der Waals surface area contributed by atoms with Crippen molar-refractivity contribution < 1.29 is 14.0 Å². The molecule has 0 saturated heterocycles. The molecule has 1 atom stereocenters. The van der Waals surface area contributed by atoms with Crippen LogP contribution >= 0.6 is 0 Å². The molecule has 1 aromatic heterocycles. The largest absolute Gasteiger partial charge is 0.324 e. The van der Waals surface area contributed by atoms with Crippen molar-refractivity contribution in [3.05, 3.63) is 119 Å². The molecule has 0 aliphatic heterocycles. The molecule has 1 N–H and O–H groups in total. The fourth-order valence-electron chi connectivity index (χ4n) is 4.04. The molecule has 0 aliphatic carbocycles. The lowest BCUT2D eigenvalue weighted by Crippen LogP contribution is -2.42. The first-order valence-electron chi connectivity index (χ1n) is 11.1. The number of nitrogens with one attached hydrogen (secondary N) is 1. The summed E-state index contributed by atoms with van der Waals surface area (Å²) in [7, 11) is 0. The van der Waals surface area contributed by atoms with Crippen LogP contribution in [0.2, 0.25) is 0 Å². The zero-order valence-electron chi connectivity index (χ0n) is 19.7. The van der Waals surface area contributed by atoms with Gasteiger partial charge in [0.15, 0.2) is 0 Å². The minimum atomic E-state index is -1.03. The number of hydrogen-bond donors (Lipinski definition) is 1. The summed E-state index contributed by atoms with van der Waals surface area (Å²) in [5, 5.41) is 2.85. The van der Waals surface area contributed by atoms with Gasteiger partial charge in [0.1, 0.15) is 17.6 Å². The zero-order valence-corrected chi connectivity index (χ0v) is 19.7. The number of benzene rings is 3. The number of hydrogen-bond acceptors (Lipinski definition) is 4. The standard InChI is InChI=1S/C28H25FN4O2/c1-18-14-19(2)16-23(15-18)33(28(35)25-17-30-12-13-31-25)26(24-7-5-4-6-20(24)3)27(34)32-22-10-8-21(29)9-11-22/h4-17,26H,1-3H3,(H,32,34)/t26-/m1/s1. The molecule has 6 nitrogen and oxygen atoms in total. The Labute approximate surface area is 203 Å². The van der Waals surface area contributed by atoms with Gasteiger partial charge in [-0.3, -0.25) is 19.5 Å². The molecule has 0 bridgehead atoms. The maximum Gasteiger partial charge on any atom is 0.279 e. The van der Waals surface area contributed by atoms with E-state index >= 15 is 0 Å². The summed E-state index contributed by atoms with van der Waals surface area (Å²) in [6.07, 6.45) is 4.30. The molecule has 0 aliphatic rings. The van der Waals surface area contributed by atoms with Crippen molar-refractivity contribution in [1.29, 1.82) is 0 Å². The molecule has 2 amide bonds. The van der Waals surface area contributed by atoms with E-state index in [1.165, 1.54) is 47.8 Å². The molecule has 7 heteroatoms. The molecule has 0 fully saturated rings. The Morgan fingerprint density at radius 2 is 1.60 bits per heavy atom. The van der Waals surface area contributed by atoms with Gasteiger partial charge in [0, 0.05) is 23.8 Å². The number of nitrogens with zero attached hydrogens (tertiary/aromatic N) is 3. The first-order chi connectivity index (χ1) is 16.8. The molecule has 0 radical (unpaired) electrons. The summed E-state index contributed by atoms with van der Waals surface area (Å²) in [5.74, 6) is -1.32. The van der Waals surface area contributed by atoms with Crippen LogP contribution in [0.4, 0.5) is 15.8 Å². The third kappa shape index (κ3) is 5.41. The second-order valence-electron chi connectivity index (χ2n) is 8.37. The number of halogens is 1. The Bertz CT molecular complexity index is 1340. The minimum Gasteiger partial charge on any atom is -0.324 e. The molecular formula is C28H25FN4O2. The van der Waals surface area contributed by atoms with Gasteiger partial charge in [0.25, 0.3) is 11.8 Å². The van der Waals surface area contributed by atoms with E-state index < -0.39 is 23.7 Å². The summed E-state index contributed by atoms with van der Waals surface area (Å²) in [6.45, 7) is 5.76. The van der Waals surface area contributed by atoms with E-state index in [1.54, 1.807) is 0 Å². The number of carbonyl (C=O) groups is 2. The lowest BCUT2D eigenvalue weighted by molar-refractivity contribution is -0.117. The second-order valence-corrected chi connectivity index (χ2v) is 8.37. The number of anilines is 2. The van der Waals surface area contributed by atoms with Crippen LogP contribution < -0.4 is 10.2 Å². The van der Waals surface area contributed by atoms with Crippen molar-refractivity contribution in [3.63, 3.8) is 0 Å². The molecule has 176 valence electrons. The van der Waals surface area contributed by atoms with Crippen LogP contribution in [0.15, 0.2) is 85.3 Å². The van der Waals surface area contributed by atoms with Crippen molar-refractivity contribution in [3.8, 4) is 0 Å². The Hall–Kier alpha value is -4.39. The number of aryl methyl sites for hydroxylation is 3. The minimum absolute atomic E-state index is 0.111. The molecule has 1 heterocycles. The summed E-state index contributed by atoms with van der Waals surface area (Å²) < 4.78 is 13.4. The lowest BCUT2D eigenvalue weighted by Gasteiger charge is -2.32. The van der Waals surface area contributed by atoms with Gasteiger partial charge in [-0.15, -0.1) is 0 Å². The van der Waals surface area contributed by atoms with Gasteiger partial charge in [-0.25, -0.2) is 9.37 Å². The average molecular weight is 469 g/mol. The maximum atomic E-state index is 13.9. The highest BCUT2D eigenvalue weighted by Gasteiger charge is 2.35. The van der Waals surface area contributed by atoms with Crippen LogP contribution in [0.5, 0.6) is 0 Å². The van der Waals surface area contributed by atoms with Crippen molar-refractivity contribution >= 4 is 23.2 Å². The zero-order chi connectivity index (χ0) is 24.9. The first kappa shape index (κ1) is 23.8. The van der Waals surface area contributed by atoms with Gasteiger partial charge in [0.2, 0.25) is 0 Å². The fourth-order valence-corrected chi connectivity index (χ4v) is 4.04. The van der Waals surface area contributed by atoms with Crippen LogP contribution in [0.3, 0.4) is 0 Å². The van der Waals surface area contributed by atoms with Crippen LogP contribution in [0.25, 0.3) is 0 Å². The topological polar surface area (TPSA) is 75.2 Å². The van der Waals surface area contributed by atoms with E-state index in [0.717, 1.165) is 16.7 Å². The Morgan fingerprint density at radius 3 is 2.23 bits per heavy atom. The highest BCUT2D eigenvalue weighted by atomic mass is 19.1. The van der Waals surface area contributed by atoms with Crippen LogP contribution in [0.1, 0.15) is 38.8 Å². The Kier molecular flexibility index (Phi) is 6.96. The van der Waals surface area contributed by atoms with E-state index in [1.807, 2.05) is 63.2 Å². The van der Waals surface area contributed by atoms with Gasteiger partial charge >= 0.3 is 0 Å². The van der Waals surface area contributed by atoms with E-state index in [2.05, 4.69) is 15.3 Å². The van der Waals surface area contributed by atoms with Gasteiger partial charge < -0.3 is 5.32 Å². The smallest absolute Gasteiger partial charge is 0.279 e. The SMILES string of the molecule is Cc1cc(C)cc(N(C(=O)c2cnccn2)[C@@H](C(=O)Nc2ccc(F)cc2)c2ccccc2C)c1. The van der Waals surface area contributed by atoms with Crippen molar-refractivity contribution in [2.24, 2.45) is 0 Å². The van der Waals surface area contributed by atoms with Gasteiger partial charge in [0.05, 0.1) is 6.20 Å². The lowest BCUT2D eigenvalue weighted by atomic mass is 9.97. The molecule has 3 aromatic carbocycles. The molecule has 35 heavy (non-hydrogen) atoms. The summed E-state index contributed by atoms with van der Waals surface area (Å²) in [4.78, 5) is 37.4. The highest BCUT2D eigenvalue weighted by molar-refractivity contribution is 6.11. The predicted octanol–water partition coefficient (Wildman–Crippen LogP) is 5.57. The highest BCUT2D eigenvalue weighted by Crippen LogP contribution is 2.33. The van der Waals surface area contributed by atoms with Gasteiger partial charge in [-0.2, -0.15) is 0 Å². The van der Waals surface area contributed by atoms with Crippen LogP contribution in [-0.2, 0) is 4.79 Å². The van der Waals surface area contributed by atoms with Crippen molar-refractivity contribution in [1.82, 2.24) is 9.97 Å². The maximum absolute atomic E-state index is 13.9. The summed E-state index contributed by atoms with van der Waals surface area (Å²) >= 11 is 0. The van der Waals surface area contributed by atoms with Gasteiger partial charge in [-0.05, 0) is 79.4 Å². The third-order valence-corrected chi connectivity index (χ3v) is 5.59. The molecule has 0 unspecified atom stereocenters. The number of rotatable bonds is 6. The quantitative estimate of drug-likeness (QED) is 0.402. The predicted molar refractivity (Wildman–Crippen MR) is 134 cm³/mol. The van der Waals surface area contributed by atoms with E-state index in [-0.39, 0.29) is 5.69 Å². The third-order valence-electron chi connectivity index (χ3n) is 5.59. The monoisotopic (exact) mass is 468 g/mol. The summed E-state index contributed by atoms with van der Waals surface area (Å²) in [6, 6.07) is 17.6. The van der Waals surface area contributed by atoms with E-state index in [4.69, 9.17) is 0 Å². The molecule has 4 aromatic rings. The van der Waals surface area contributed by atoms with Crippen molar-refractivity contribution in [2.45, 2.75) is 26.8 Å².